The van der Waals surface area contributed by atoms with Crippen molar-refractivity contribution in [3.8, 4) is 5.75 Å². The molecule has 4 nitrogen and oxygen atoms in total. The lowest BCUT2D eigenvalue weighted by atomic mass is 10.0. The fourth-order valence-electron chi connectivity index (χ4n) is 3.04. The molecule has 0 saturated carbocycles. The van der Waals surface area contributed by atoms with Crippen molar-refractivity contribution in [3.63, 3.8) is 0 Å². The van der Waals surface area contributed by atoms with E-state index in [4.69, 9.17) is 4.74 Å². The molecule has 0 amide bonds. The van der Waals surface area contributed by atoms with Crippen LogP contribution in [0.25, 0.3) is 0 Å². The largest absolute Gasteiger partial charge is 0.491 e. The molecular weight excluding hydrogens is 276 g/mol. The van der Waals surface area contributed by atoms with Crippen LogP contribution < -0.4 is 4.74 Å². The van der Waals surface area contributed by atoms with Crippen LogP contribution in [0.3, 0.4) is 0 Å². The Kier molecular flexibility index (Phi) is 6.68. The van der Waals surface area contributed by atoms with Gasteiger partial charge in [-0.3, -0.25) is 0 Å². The first-order valence-corrected chi connectivity index (χ1v) is 8.38. The van der Waals surface area contributed by atoms with Crippen molar-refractivity contribution in [3.05, 3.63) is 29.8 Å². The Morgan fingerprint density at radius 1 is 1.27 bits per heavy atom. The summed E-state index contributed by atoms with van der Waals surface area (Å²) in [4.78, 5) is 4.78. The first-order valence-electron chi connectivity index (χ1n) is 8.38. The second-order valence-corrected chi connectivity index (χ2v) is 6.38. The van der Waals surface area contributed by atoms with E-state index in [2.05, 4.69) is 30.7 Å². The summed E-state index contributed by atoms with van der Waals surface area (Å²) in [7, 11) is 2.11. The van der Waals surface area contributed by atoms with Gasteiger partial charge in [0.25, 0.3) is 0 Å². The van der Waals surface area contributed by atoms with Crippen molar-refractivity contribution < 1.29 is 9.84 Å². The van der Waals surface area contributed by atoms with Crippen molar-refractivity contribution in [1.82, 2.24) is 9.80 Å². The predicted molar refractivity (Wildman–Crippen MR) is 90.4 cm³/mol. The normalized spacial score (nSPS) is 18.6. The van der Waals surface area contributed by atoms with E-state index in [0.29, 0.717) is 19.2 Å². The number of ether oxygens (including phenoxy) is 1. The molecule has 0 aromatic heterocycles. The van der Waals surface area contributed by atoms with E-state index in [1.165, 1.54) is 31.5 Å². The molecule has 0 spiro atoms. The predicted octanol–water partition coefficient (Wildman–Crippen LogP) is 2.15. The quantitative estimate of drug-likeness (QED) is 0.837. The van der Waals surface area contributed by atoms with Gasteiger partial charge in [0.15, 0.2) is 0 Å². The Hall–Kier alpha value is -1.10. The van der Waals surface area contributed by atoms with E-state index in [0.717, 1.165) is 12.3 Å². The lowest BCUT2D eigenvalue weighted by Crippen LogP contribution is -2.46. The highest BCUT2D eigenvalue weighted by molar-refractivity contribution is 5.26. The molecule has 1 aliphatic rings. The Labute approximate surface area is 134 Å². The average Bonchev–Trinajstić information content (AvgIpc) is 2.54. The lowest BCUT2D eigenvalue weighted by Gasteiger charge is -2.37. The molecule has 0 aliphatic carbocycles. The van der Waals surface area contributed by atoms with E-state index in [9.17, 15) is 5.11 Å². The Bertz CT molecular complexity index is 427. The van der Waals surface area contributed by atoms with Gasteiger partial charge in [0.05, 0.1) is 0 Å². The zero-order valence-corrected chi connectivity index (χ0v) is 14.2. The number of aliphatic hydroxyl groups is 1. The van der Waals surface area contributed by atoms with E-state index in [-0.39, 0.29) is 0 Å². The third-order valence-corrected chi connectivity index (χ3v) is 4.59. The SMILES string of the molecule is CCN1CCC(N(C)CC(O)COc2ccc(C)cc2)CC1. The zero-order chi connectivity index (χ0) is 15.9. The molecule has 1 heterocycles. The van der Waals surface area contributed by atoms with Crippen molar-refractivity contribution in [2.45, 2.75) is 38.8 Å². The molecule has 124 valence electrons. The van der Waals surface area contributed by atoms with Gasteiger partial charge in [-0.15, -0.1) is 0 Å². The van der Waals surface area contributed by atoms with Crippen LogP contribution in [0.15, 0.2) is 24.3 Å². The number of piperidine rings is 1. The Morgan fingerprint density at radius 3 is 2.50 bits per heavy atom. The number of aryl methyl sites for hydroxylation is 1. The third kappa shape index (κ3) is 5.27. The third-order valence-electron chi connectivity index (χ3n) is 4.59. The van der Waals surface area contributed by atoms with Crippen LogP contribution in [0.4, 0.5) is 0 Å². The van der Waals surface area contributed by atoms with Crippen LogP contribution in [-0.2, 0) is 0 Å². The molecule has 0 bridgehead atoms. The molecule has 1 unspecified atom stereocenters. The number of nitrogens with zero attached hydrogens (tertiary/aromatic N) is 2. The summed E-state index contributed by atoms with van der Waals surface area (Å²) in [6.45, 7) is 8.77. The van der Waals surface area contributed by atoms with Gasteiger partial charge in [0, 0.05) is 12.6 Å². The number of rotatable bonds is 7. The minimum Gasteiger partial charge on any atom is -0.491 e. The molecule has 1 saturated heterocycles. The molecule has 0 radical (unpaired) electrons. The minimum absolute atomic E-state index is 0.348. The number of hydrogen-bond acceptors (Lipinski definition) is 4. The van der Waals surface area contributed by atoms with Gasteiger partial charge in [-0.1, -0.05) is 24.6 Å². The first-order chi connectivity index (χ1) is 10.6. The van der Waals surface area contributed by atoms with Crippen LogP contribution in [-0.4, -0.2) is 66.9 Å². The summed E-state index contributed by atoms with van der Waals surface area (Å²) in [5.41, 5.74) is 1.21. The standard InChI is InChI=1S/C18H30N2O2/c1-4-20-11-9-16(10-12-20)19(3)13-17(21)14-22-18-7-5-15(2)6-8-18/h5-8,16-17,21H,4,9-14H2,1-3H3. The van der Waals surface area contributed by atoms with E-state index in [1.807, 2.05) is 24.3 Å². The molecule has 1 atom stereocenters. The van der Waals surface area contributed by atoms with Gasteiger partial charge in [-0.25, -0.2) is 0 Å². The molecule has 4 heteroatoms. The monoisotopic (exact) mass is 306 g/mol. The highest BCUT2D eigenvalue weighted by Crippen LogP contribution is 2.16. The molecule has 1 aromatic rings. The van der Waals surface area contributed by atoms with Gasteiger partial charge < -0.3 is 19.6 Å². The maximum absolute atomic E-state index is 10.2. The smallest absolute Gasteiger partial charge is 0.119 e. The second-order valence-electron chi connectivity index (χ2n) is 6.38. The number of likely N-dealkylation sites (tertiary alicyclic amines) is 1. The van der Waals surface area contributed by atoms with Crippen LogP contribution in [0, 0.1) is 6.92 Å². The number of aliphatic hydroxyl groups excluding tert-OH is 1. The molecular formula is C18H30N2O2. The van der Waals surface area contributed by atoms with Crippen LogP contribution in [0.1, 0.15) is 25.3 Å². The molecule has 22 heavy (non-hydrogen) atoms. The summed E-state index contributed by atoms with van der Waals surface area (Å²) in [5, 5.41) is 10.2. The van der Waals surface area contributed by atoms with Crippen LogP contribution >= 0.6 is 0 Å². The summed E-state index contributed by atoms with van der Waals surface area (Å²) >= 11 is 0. The van der Waals surface area contributed by atoms with Crippen LogP contribution in [0.5, 0.6) is 5.75 Å². The molecule has 1 aromatic carbocycles. The summed E-state index contributed by atoms with van der Waals surface area (Å²) in [6, 6.07) is 8.53. The number of likely N-dealkylation sites (N-methyl/N-ethyl adjacent to an activating group) is 1. The second kappa shape index (κ2) is 8.51. The van der Waals surface area contributed by atoms with Crippen molar-refractivity contribution in [2.75, 3.05) is 39.8 Å². The van der Waals surface area contributed by atoms with Crippen molar-refractivity contribution in [1.29, 1.82) is 0 Å². The van der Waals surface area contributed by atoms with E-state index >= 15 is 0 Å². The highest BCUT2D eigenvalue weighted by Gasteiger charge is 2.23. The van der Waals surface area contributed by atoms with Crippen molar-refractivity contribution >= 4 is 0 Å². The maximum atomic E-state index is 10.2. The van der Waals surface area contributed by atoms with E-state index < -0.39 is 6.10 Å². The van der Waals surface area contributed by atoms with E-state index in [1.54, 1.807) is 0 Å². The molecule has 1 N–H and O–H groups in total. The highest BCUT2D eigenvalue weighted by atomic mass is 16.5. The van der Waals surface area contributed by atoms with Gasteiger partial charge in [0.2, 0.25) is 0 Å². The maximum Gasteiger partial charge on any atom is 0.119 e. The molecule has 1 fully saturated rings. The zero-order valence-electron chi connectivity index (χ0n) is 14.2. The lowest BCUT2D eigenvalue weighted by molar-refractivity contribution is 0.0478. The fourth-order valence-corrected chi connectivity index (χ4v) is 3.04. The molecule has 1 aliphatic heterocycles. The van der Waals surface area contributed by atoms with Gasteiger partial charge in [-0.05, 0) is 58.6 Å². The van der Waals surface area contributed by atoms with Gasteiger partial charge in [0.1, 0.15) is 18.5 Å². The van der Waals surface area contributed by atoms with Crippen LogP contribution in [0.2, 0.25) is 0 Å². The fraction of sp³-hybridized carbons (Fsp3) is 0.667. The first kappa shape index (κ1) is 17.3. The average molecular weight is 306 g/mol. The van der Waals surface area contributed by atoms with Crippen molar-refractivity contribution in [2.24, 2.45) is 0 Å². The van der Waals surface area contributed by atoms with Gasteiger partial charge in [-0.2, -0.15) is 0 Å². The Morgan fingerprint density at radius 2 is 1.91 bits per heavy atom. The number of benzene rings is 1. The molecule has 2 rings (SSSR count). The minimum atomic E-state index is -0.449. The van der Waals surface area contributed by atoms with Gasteiger partial charge >= 0.3 is 0 Å². The topological polar surface area (TPSA) is 35.9 Å². The Balaban J connectivity index is 1.70. The number of hydrogen-bond donors (Lipinski definition) is 1. The summed E-state index contributed by atoms with van der Waals surface area (Å²) in [6.07, 6.45) is 1.93. The summed E-state index contributed by atoms with van der Waals surface area (Å²) < 4.78 is 5.66. The summed E-state index contributed by atoms with van der Waals surface area (Å²) in [5.74, 6) is 0.823.